The van der Waals surface area contributed by atoms with Crippen molar-refractivity contribution in [3.8, 4) is 0 Å². The number of nitrogens with one attached hydrogen (secondary N) is 1. The van der Waals surface area contributed by atoms with Crippen LogP contribution < -0.4 is 4.72 Å². The third-order valence-corrected chi connectivity index (χ3v) is 6.20. The Balaban J connectivity index is 2.10. The van der Waals surface area contributed by atoms with E-state index in [9.17, 15) is 13.5 Å². The van der Waals surface area contributed by atoms with Gasteiger partial charge < -0.3 is 5.11 Å². The molecule has 0 amide bonds. The van der Waals surface area contributed by atoms with Gasteiger partial charge in [0.05, 0.1) is 11.0 Å². The van der Waals surface area contributed by atoms with E-state index in [1.54, 1.807) is 43.0 Å². The van der Waals surface area contributed by atoms with Crippen LogP contribution in [0.5, 0.6) is 0 Å². The highest BCUT2D eigenvalue weighted by Crippen LogP contribution is 2.23. The summed E-state index contributed by atoms with van der Waals surface area (Å²) in [6.45, 7) is 1.54. The van der Waals surface area contributed by atoms with Crippen LogP contribution in [-0.4, -0.2) is 26.3 Å². The minimum atomic E-state index is -3.73. The molecule has 2 aromatic carbocycles. The Hall–Kier alpha value is -1.05. The topological polar surface area (TPSA) is 66.4 Å². The molecule has 0 saturated heterocycles. The number of benzene rings is 2. The molecule has 1 atom stereocenters. The van der Waals surface area contributed by atoms with Gasteiger partial charge in [0.2, 0.25) is 10.0 Å². The number of halogens is 1. The highest BCUT2D eigenvalue weighted by molar-refractivity contribution is 7.98. The Kier molecular flexibility index (Phi) is 6.11. The normalized spacial score (nSPS) is 13.0. The number of sulfonamides is 1. The summed E-state index contributed by atoms with van der Waals surface area (Å²) in [4.78, 5) is 1.20. The van der Waals surface area contributed by atoms with Crippen molar-refractivity contribution in [1.29, 1.82) is 0 Å². The fourth-order valence-electron chi connectivity index (χ4n) is 2.09. The largest absolute Gasteiger partial charge is 0.387 e. The Bertz CT molecular complexity index is 776. The highest BCUT2D eigenvalue weighted by atomic mass is 35.5. The van der Waals surface area contributed by atoms with Crippen molar-refractivity contribution < 1.29 is 13.5 Å². The maximum absolute atomic E-state index is 12.4. The number of hydrogen-bond acceptors (Lipinski definition) is 4. The molecule has 0 aliphatic carbocycles. The number of rotatable bonds is 6. The number of hydrogen-bond donors (Lipinski definition) is 2. The lowest BCUT2D eigenvalue weighted by Crippen LogP contribution is -2.29. The van der Waals surface area contributed by atoms with Gasteiger partial charge in [-0.1, -0.05) is 29.8 Å². The lowest BCUT2D eigenvalue weighted by molar-refractivity contribution is 0.182. The average molecular weight is 372 g/mol. The summed E-state index contributed by atoms with van der Waals surface area (Å²) in [6, 6.07) is 12.1. The minimum Gasteiger partial charge on any atom is -0.387 e. The van der Waals surface area contributed by atoms with Crippen LogP contribution in [0.3, 0.4) is 0 Å². The van der Waals surface area contributed by atoms with E-state index in [0.29, 0.717) is 16.1 Å². The van der Waals surface area contributed by atoms with Crippen LogP contribution in [0, 0.1) is 6.92 Å². The van der Waals surface area contributed by atoms with Gasteiger partial charge in [-0.05, 0) is 48.6 Å². The molecule has 0 fully saturated rings. The van der Waals surface area contributed by atoms with E-state index in [4.69, 9.17) is 11.6 Å². The minimum absolute atomic E-state index is 0.104. The summed E-state index contributed by atoms with van der Waals surface area (Å²) >= 11 is 7.56. The molecule has 0 aliphatic heterocycles. The molecular weight excluding hydrogens is 354 g/mol. The summed E-state index contributed by atoms with van der Waals surface area (Å²) in [5.41, 5.74) is 1.15. The van der Waals surface area contributed by atoms with Gasteiger partial charge >= 0.3 is 0 Å². The fourth-order valence-corrected chi connectivity index (χ4v) is 4.03. The van der Waals surface area contributed by atoms with Crippen molar-refractivity contribution >= 4 is 33.4 Å². The van der Waals surface area contributed by atoms with Crippen LogP contribution in [0.2, 0.25) is 5.02 Å². The van der Waals surface area contributed by atoms with Crippen LogP contribution in [0.15, 0.2) is 52.3 Å². The van der Waals surface area contributed by atoms with E-state index in [1.165, 1.54) is 6.07 Å². The van der Waals surface area contributed by atoms with Gasteiger partial charge in [0.15, 0.2) is 0 Å². The molecule has 0 saturated carbocycles. The summed E-state index contributed by atoms with van der Waals surface area (Å²) in [6.07, 6.45) is 1.05. The van der Waals surface area contributed by atoms with Crippen molar-refractivity contribution in [3.05, 3.63) is 58.6 Å². The van der Waals surface area contributed by atoms with Gasteiger partial charge in [0.25, 0.3) is 0 Å². The lowest BCUT2D eigenvalue weighted by atomic mass is 10.1. The molecule has 4 nitrogen and oxygen atoms in total. The fraction of sp³-hybridized carbons (Fsp3) is 0.250. The van der Waals surface area contributed by atoms with Gasteiger partial charge in [-0.25, -0.2) is 13.1 Å². The summed E-state index contributed by atoms with van der Waals surface area (Å²) in [5.74, 6) is 0. The predicted molar refractivity (Wildman–Crippen MR) is 94.6 cm³/mol. The van der Waals surface area contributed by atoms with Crippen molar-refractivity contribution in [2.45, 2.75) is 22.8 Å². The van der Waals surface area contributed by atoms with E-state index >= 15 is 0 Å². The van der Waals surface area contributed by atoms with Crippen LogP contribution in [0.25, 0.3) is 0 Å². The third-order valence-electron chi connectivity index (χ3n) is 3.47. The molecule has 7 heteroatoms. The SMILES string of the molecule is CSc1ccc(C(O)CNS(=O)(=O)c2cccc(Cl)c2C)cc1. The first-order valence-corrected chi connectivity index (χ1v) is 10.0. The molecule has 2 aromatic rings. The molecule has 2 rings (SSSR count). The number of thioether (sulfide) groups is 1. The van der Waals surface area contributed by atoms with Crippen molar-refractivity contribution in [1.82, 2.24) is 4.72 Å². The zero-order valence-corrected chi connectivity index (χ0v) is 15.2. The number of aliphatic hydroxyl groups is 1. The van der Waals surface area contributed by atoms with E-state index in [1.807, 2.05) is 18.4 Å². The molecular formula is C16H18ClNO3S2. The van der Waals surface area contributed by atoms with E-state index < -0.39 is 16.1 Å². The standard InChI is InChI=1S/C16H18ClNO3S2/c1-11-14(17)4-3-5-16(11)23(20,21)18-10-15(19)12-6-8-13(22-2)9-7-12/h3-9,15,18-19H,10H2,1-2H3. The zero-order chi connectivity index (χ0) is 17.0. The highest BCUT2D eigenvalue weighted by Gasteiger charge is 2.19. The third kappa shape index (κ3) is 4.49. The second-order valence-corrected chi connectivity index (χ2v) is 8.03. The molecule has 0 heterocycles. The van der Waals surface area contributed by atoms with Crippen molar-refractivity contribution in [3.63, 3.8) is 0 Å². The second-order valence-electron chi connectivity index (χ2n) is 5.00. The molecule has 1 unspecified atom stereocenters. The maximum Gasteiger partial charge on any atom is 0.240 e. The molecule has 2 N–H and O–H groups in total. The molecule has 23 heavy (non-hydrogen) atoms. The molecule has 0 aliphatic rings. The Labute approximate surface area is 145 Å². The second kappa shape index (κ2) is 7.68. The maximum atomic E-state index is 12.4. The van der Waals surface area contributed by atoms with Gasteiger partial charge in [-0.2, -0.15) is 0 Å². The van der Waals surface area contributed by atoms with Crippen LogP contribution in [0.1, 0.15) is 17.2 Å². The van der Waals surface area contributed by atoms with E-state index in [0.717, 1.165) is 4.90 Å². The first kappa shape index (κ1) is 18.3. The smallest absolute Gasteiger partial charge is 0.240 e. The number of aliphatic hydroxyl groups excluding tert-OH is 1. The van der Waals surface area contributed by atoms with Gasteiger partial charge in [-0.3, -0.25) is 0 Å². The molecule has 124 valence electrons. The Morgan fingerprint density at radius 1 is 1.22 bits per heavy atom. The summed E-state index contributed by atoms with van der Waals surface area (Å²) in [5, 5.41) is 10.5. The predicted octanol–water partition coefficient (Wildman–Crippen LogP) is 3.38. The van der Waals surface area contributed by atoms with Crippen molar-refractivity contribution in [2.75, 3.05) is 12.8 Å². The van der Waals surface area contributed by atoms with Crippen molar-refractivity contribution in [2.24, 2.45) is 0 Å². The van der Waals surface area contributed by atoms with E-state index in [2.05, 4.69) is 4.72 Å². The average Bonchev–Trinajstić information content (AvgIpc) is 2.55. The first-order valence-electron chi connectivity index (χ1n) is 6.92. The monoisotopic (exact) mass is 371 g/mol. The van der Waals surface area contributed by atoms with Crippen LogP contribution in [-0.2, 0) is 10.0 Å². The van der Waals surface area contributed by atoms with E-state index in [-0.39, 0.29) is 11.4 Å². The van der Waals surface area contributed by atoms with Gasteiger partial charge in [0, 0.05) is 16.5 Å². The molecule has 0 spiro atoms. The first-order chi connectivity index (χ1) is 10.8. The summed E-state index contributed by atoms with van der Waals surface area (Å²) in [7, 11) is -3.73. The Morgan fingerprint density at radius 3 is 2.48 bits per heavy atom. The van der Waals surface area contributed by atoms with Crippen LogP contribution >= 0.6 is 23.4 Å². The van der Waals surface area contributed by atoms with Gasteiger partial charge in [0.1, 0.15) is 0 Å². The molecule has 0 radical (unpaired) electrons. The zero-order valence-electron chi connectivity index (χ0n) is 12.8. The summed E-state index contributed by atoms with van der Waals surface area (Å²) < 4.78 is 27.1. The van der Waals surface area contributed by atoms with Gasteiger partial charge in [-0.15, -0.1) is 11.8 Å². The molecule has 0 aromatic heterocycles. The lowest BCUT2D eigenvalue weighted by Gasteiger charge is -2.14. The Morgan fingerprint density at radius 2 is 1.87 bits per heavy atom. The van der Waals surface area contributed by atoms with Crippen LogP contribution in [0.4, 0.5) is 0 Å². The quantitative estimate of drug-likeness (QED) is 0.764. The molecule has 0 bridgehead atoms.